The third-order valence-electron chi connectivity index (χ3n) is 3.41. The molecule has 0 aliphatic carbocycles. The zero-order valence-corrected chi connectivity index (χ0v) is 12.4. The molecule has 0 saturated heterocycles. The smallest absolute Gasteiger partial charge is 0.270 e. The molecule has 1 amide bonds. The van der Waals surface area contributed by atoms with Gasteiger partial charge in [0.25, 0.3) is 11.6 Å². The highest BCUT2D eigenvalue weighted by atomic mass is 16.6. The molecule has 0 atom stereocenters. The van der Waals surface area contributed by atoms with Crippen molar-refractivity contribution in [2.45, 2.75) is 0 Å². The maximum Gasteiger partial charge on any atom is 0.270 e. The molecular formula is C17H12N2O5. The molecule has 0 saturated carbocycles. The number of amides is 1. The number of nitrogens with zero attached hydrogens (tertiary/aromatic N) is 1. The van der Waals surface area contributed by atoms with E-state index >= 15 is 0 Å². The summed E-state index contributed by atoms with van der Waals surface area (Å²) in [5, 5.41) is 13.4. The molecule has 1 aliphatic heterocycles. The van der Waals surface area contributed by atoms with Crippen molar-refractivity contribution in [3.8, 4) is 5.75 Å². The van der Waals surface area contributed by atoms with E-state index in [1.165, 1.54) is 30.4 Å². The van der Waals surface area contributed by atoms with Crippen LogP contribution in [-0.2, 0) is 4.79 Å². The quantitative estimate of drug-likeness (QED) is 0.403. The van der Waals surface area contributed by atoms with Crippen molar-refractivity contribution in [3.05, 3.63) is 69.8 Å². The number of nitro benzene ring substituents is 1. The van der Waals surface area contributed by atoms with Crippen LogP contribution in [-0.4, -0.2) is 23.2 Å². The third-order valence-corrected chi connectivity index (χ3v) is 3.41. The van der Waals surface area contributed by atoms with Gasteiger partial charge in [-0.1, -0.05) is 18.2 Å². The Labute approximate surface area is 136 Å². The molecule has 0 aromatic heterocycles. The van der Waals surface area contributed by atoms with Crippen LogP contribution in [0.15, 0.2) is 48.5 Å². The fraction of sp³-hybridized carbons (Fsp3) is 0.0588. The maximum atomic E-state index is 12.2. The number of benzene rings is 2. The van der Waals surface area contributed by atoms with Crippen LogP contribution in [0.4, 0.5) is 11.4 Å². The van der Waals surface area contributed by atoms with Gasteiger partial charge in [0.15, 0.2) is 12.4 Å². The number of anilines is 1. The number of hydrogen-bond acceptors (Lipinski definition) is 5. The number of ketones is 1. The minimum atomic E-state index is -0.495. The molecular weight excluding hydrogens is 312 g/mol. The van der Waals surface area contributed by atoms with Gasteiger partial charge in [-0.2, -0.15) is 0 Å². The molecule has 1 heterocycles. The number of non-ortho nitro benzene ring substituents is 1. The Hall–Kier alpha value is -3.48. The maximum absolute atomic E-state index is 12.2. The lowest BCUT2D eigenvalue weighted by molar-refractivity contribution is -0.384. The number of nitro groups is 1. The molecule has 0 fully saturated rings. The first kappa shape index (κ1) is 15.4. The molecule has 120 valence electrons. The summed E-state index contributed by atoms with van der Waals surface area (Å²) in [4.78, 5) is 33.8. The first-order chi connectivity index (χ1) is 11.5. The van der Waals surface area contributed by atoms with Crippen molar-refractivity contribution in [2.75, 3.05) is 11.9 Å². The minimum Gasteiger partial charge on any atom is -0.482 e. The van der Waals surface area contributed by atoms with E-state index in [0.29, 0.717) is 22.6 Å². The average molecular weight is 324 g/mol. The van der Waals surface area contributed by atoms with Crippen LogP contribution in [0.3, 0.4) is 0 Å². The van der Waals surface area contributed by atoms with Crippen molar-refractivity contribution < 1.29 is 19.2 Å². The van der Waals surface area contributed by atoms with Gasteiger partial charge in [-0.05, 0) is 29.8 Å². The summed E-state index contributed by atoms with van der Waals surface area (Å²) in [5.74, 6) is -0.0582. The molecule has 7 nitrogen and oxygen atoms in total. The van der Waals surface area contributed by atoms with E-state index in [1.807, 2.05) is 0 Å². The number of fused-ring (bicyclic) bond motifs is 1. The lowest BCUT2D eigenvalue weighted by Crippen LogP contribution is -2.25. The fourth-order valence-electron chi connectivity index (χ4n) is 2.25. The Morgan fingerprint density at radius 2 is 2.08 bits per heavy atom. The second-order valence-electron chi connectivity index (χ2n) is 5.10. The molecule has 3 rings (SSSR count). The van der Waals surface area contributed by atoms with Crippen molar-refractivity contribution in [1.82, 2.24) is 0 Å². The first-order valence-corrected chi connectivity index (χ1v) is 7.06. The van der Waals surface area contributed by atoms with Crippen LogP contribution < -0.4 is 10.1 Å². The summed E-state index contributed by atoms with van der Waals surface area (Å²) in [6.07, 6.45) is 2.83. The Balaban J connectivity index is 1.80. The number of nitrogens with one attached hydrogen (secondary N) is 1. The highest BCUT2D eigenvalue weighted by Crippen LogP contribution is 2.28. The van der Waals surface area contributed by atoms with E-state index in [4.69, 9.17) is 4.74 Å². The Morgan fingerprint density at radius 3 is 2.88 bits per heavy atom. The fourth-order valence-corrected chi connectivity index (χ4v) is 2.25. The molecule has 0 spiro atoms. The van der Waals surface area contributed by atoms with Crippen molar-refractivity contribution in [2.24, 2.45) is 0 Å². The van der Waals surface area contributed by atoms with E-state index in [9.17, 15) is 19.7 Å². The van der Waals surface area contributed by atoms with Crippen molar-refractivity contribution in [3.63, 3.8) is 0 Å². The summed E-state index contributed by atoms with van der Waals surface area (Å²) < 4.78 is 5.23. The Morgan fingerprint density at radius 1 is 1.25 bits per heavy atom. The molecule has 0 radical (unpaired) electrons. The summed E-state index contributed by atoms with van der Waals surface area (Å²) in [6.45, 7) is -0.0486. The Kier molecular flexibility index (Phi) is 4.07. The molecule has 0 unspecified atom stereocenters. The van der Waals surface area contributed by atoms with Crippen molar-refractivity contribution in [1.29, 1.82) is 0 Å². The molecule has 2 aromatic rings. The van der Waals surface area contributed by atoms with Gasteiger partial charge in [0.1, 0.15) is 5.75 Å². The topological polar surface area (TPSA) is 98.5 Å². The van der Waals surface area contributed by atoms with Crippen LogP contribution in [0.2, 0.25) is 0 Å². The van der Waals surface area contributed by atoms with Gasteiger partial charge in [0, 0.05) is 17.7 Å². The standard InChI is InChI=1S/C17H12N2O5/c20-15(6-4-11-2-1-3-13(8-11)19(22)23)12-5-7-16-14(9-12)18-17(21)10-24-16/h1-9H,10H2,(H,18,21)/b6-4+. The average Bonchev–Trinajstić information content (AvgIpc) is 2.59. The first-order valence-electron chi connectivity index (χ1n) is 7.06. The largest absolute Gasteiger partial charge is 0.482 e. The monoisotopic (exact) mass is 324 g/mol. The highest BCUT2D eigenvalue weighted by molar-refractivity contribution is 6.08. The van der Waals surface area contributed by atoms with Gasteiger partial charge >= 0.3 is 0 Å². The number of carbonyl (C=O) groups excluding carboxylic acids is 2. The predicted octanol–water partition coefficient (Wildman–Crippen LogP) is 2.82. The van der Waals surface area contributed by atoms with Gasteiger partial charge in [0.2, 0.25) is 0 Å². The number of carbonyl (C=O) groups is 2. The van der Waals surface area contributed by atoms with Crippen molar-refractivity contribution >= 4 is 29.1 Å². The van der Waals surface area contributed by atoms with E-state index < -0.39 is 4.92 Å². The zero-order chi connectivity index (χ0) is 17.1. The predicted molar refractivity (Wildman–Crippen MR) is 87.0 cm³/mol. The molecule has 1 N–H and O–H groups in total. The lowest BCUT2D eigenvalue weighted by atomic mass is 10.1. The second-order valence-corrected chi connectivity index (χ2v) is 5.10. The second kappa shape index (κ2) is 6.33. The number of rotatable bonds is 4. The number of allylic oxidation sites excluding steroid dienone is 1. The van der Waals surface area contributed by atoms with Gasteiger partial charge in [-0.15, -0.1) is 0 Å². The van der Waals surface area contributed by atoms with Crippen LogP contribution in [0.5, 0.6) is 5.75 Å². The summed E-state index contributed by atoms with van der Waals surface area (Å²) in [6, 6.07) is 10.7. The van der Waals surface area contributed by atoms with Crippen LogP contribution in [0.1, 0.15) is 15.9 Å². The molecule has 24 heavy (non-hydrogen) atoms. The molecule has 2 aromatic carbocycles. The van der Waals surface area contributed by atoms with Gasteiger partial charge < -0.3 is 10.1 Å². The molecule has 1 aliphatic rings. The van der Waals surface area contributed by atoms with E-state index in [2.05, 4.69) is 5.32 Å². The van der Waals surface area contributed by atoms with Crippen LogP contribution in [0, 0.1) is 10.1 Å². The number of hydrogen-bond donors (Lipinski definition) is 1. The normalized spacial score (nSPS) is 13.1. The Bertz CT molecular complexity index is 873. The van der Waals surface area contributed by atoms with E-state index in [1.54, 1.807) is 24.3 Å². The van der Waals surface area contributed by atoms with Crippen LogP contribution in [0.25, 0.3) is 6.08 Å². The zero-order valence-electron chi connectivity index (χ0n) is 12.4. The van der Waals surface area contributed by atoms with Gasteiger partial charge in [0.05, 0.1) is 10.6 Å². The van der Waals surface area contributed by atoms with Gasteiger partial charge in [-0.3, -0.25) is 19.7 Å². The lowest BCUT2D eigenvalue weighted by Gasteiger charge is -2.17. The van der Waals surface area contributed by atoms with Gasteiger partial charge in [-0.25, -0.2) is 0 Å². The van der Waals surface area contributed by atoms with Crippen LogP contribution >= 0.6 is 0 Å². The summed E-state index contributed by atoms with van der Waals surface area (Å²) in [7, 11) is 0. The third kappa shape index (κ3) is 3.30. The number of ether oxygens (including phenoxy) is 1. The molecule has 0 bridgehead atoms. The van der Waals surface area contributed by atoms with E-state index in [0.717, 1.165) is 0 Å². The van der Waals surface area contributed by atoms with E-state index in [-0.39, 0.29) is 24.0 Å². The molecule has 7 heteroatoms. The highest BCUT2D eigenvalue weighted by Gasteiger charge is 2.17. The minimum absolute atomic E-state index is 0.0433. The SMILES string of the molecule is O=C1COc2ccc(C(=O)/C=C/c3cccc([N+](=O)[O-])c3)cc2N1. The summed E-state index contributed by atoms with van der Waals surface area (Å²) >= 11 is 0. The summed E-state index contributed by atoms with van der Waals surface area (Å²) in [5.41, 5.74) is 1.33.